The number of nitrogens with one attached hydrogen (secondary N) is 2. The standard InChI is InChI=1S/C14H18N4S2/c1-15-14(19)18-8-6-17(7-9-18)10-13-16-11-4-2-3-5-12(11)20-13/h2-5H,6-10H2,1H3,(H,15,19)/p+1. The molecule has 0 saturated carbocycles. The van der Waals surface area contributed by atoms with Crippen molar-refractivity contribution in [2.24, 2.45) is 0 Å². The van der Waals surface area contributed by atoms with Crippen LogP contribution in [-0.4, -0.2) is 48.2 Å². The highest BCUT2D eigenvalue weighted by Gasteiger charge is 2.22. The second-order valence-corrected chi connectivity index (χ2v) is 6.55. The Kier molecular flexibility index (Phi) is 4.14. The van der Waals surface area contributed by atoms with Crippen LogP contribution in [0, 0.1) is 0 Å². The molecule has 1 aromatic carbocycles. The van der Waals surface area contributed by atoms with E-state index in [0.29, 0.717) is 0 Å². The summed E-state index contributed by atoms with van der Waals surface area (Å²) in [4.78, 5) is 8.57. The zero-order valence-corrected chi connectivity index (χ0v) is 13.2. The molecule has 0 bridgehead atoms. The third-order valence-electron chi connectivity index (χ3n) is 3.71. The van der Waals surface area contributed by atoms with E-state index >= 15 is 0 Å². The molecule has 1 aromatic heterocycles. The minimum Gasteiger partial charge on any atom is -0.366 e. The summed E-state index contributed by atoms with van der Waals surface area (Å²) >= 11 is 7.10. The summed E-state index contributed by atoms with van der Waals surface area (Å²) in [5.74, 6) is 0. The van der Waals surface area contributed by atoms with E-state index in [9.17, 15) is 0 Å². The van der Waals surface area contributed by atoms with Crippen molar-refractivity contribution in [2.75, 3.05) is 33.2 Å². The van der Waals surface area contributed by atoms with Gasteiger partial charge in [0.25, 0.3) is 0 Å². The van der Waals surface area contributed by atoms with Crippen molar-refractivity contribution in [3.05, 3.63) is 29.3 Å². The van der Waals surface area contributed by atoms with Crippen molar-refractivity contribution in [2.45, 2.75) is 6.54 Å². The van der Waals surface area contributed by atoms with Crippen LogP contribution in [0.25, 0.3) is 10.2 Å². The Balaban J connectivity index is 1.60. The number of thiazole rings is 1. The summed E-state index contributed by atoms with van der Waals surface area (Å²) in [5, 5.41) is 5.16. The van der Waals surface area contributed by atoms with Crippen molar-refractivity contribution < 1.29 is 4.90 Å². The first-order chi connectivity index (χ1) is 9.76. The zero-order valence-electron chi connectivity index (χ0n) is 11.6. The fourth-order valence-corrected chi connectivity index (χ4v) is 3.79. The maximum absolute atomic E-state index is 5.28. The minimum atomic E-state index is 0.865. The molecule has 0 unspecified atom stereocenters. The van der Waals surface area contributed by atoms with Gasteiger partial charge in [0.1, 0.15) is 11.6 Å². The quantitative estimate of drug-likeness (QED) is 0.792. The van der Waals surface area contributed by atoms with Crippen LogP contribution in [0.15, 0.2) is 24.3 Å². The van der Waals surface area contributed by atoms with Crippen LogP contribution in [0.3, 0.4) is 0 Å². The number of para-hydroxylation sites is 1. The lowest BCUT2D eigenvalue weighted by molar-refractivity contribution is -0.917. The second-order valence-electron chi connectivity index (χ2n) is 5.04. The first-order valence-electron chi connectivity index (χ1n) is 6.91. The lowest BCUT2D eigenvalue weighted by Gasteiger charge is -2.33. The first-order valence-corrected chi connectivity index (χ1v) is 8.13. The van der Waals surface area contributed by atoms with E-state index in [1.54, 1.807) is 4.90 Å². The van der Waals surface area contributed by atoms with Crippen LogP contribution in [0.1, 0.15) is 5.01 Å². The maximum Gasteiger partial charge on any atom is 0.169 e. The van der Waals surface area contributed by atoms with Gasteiger partial charge in [0, 0.05) is 7.05 Å². The lowest BCUT2D eigenvalue weighted by Crippen LogP contribution is -3.13. The van der Waals surface area contributed by atoms with Gasteiger partial charge in [-0.25, -0.2) is 4.98 Å². The summed E-state index contributed by atoms with van der Waals surface area (Å²) in [6.45, 7) is 5.33. The molecule has 1 fully saturated rings. The van der Waals surface area contributed by atoms with Gasteiger partial charge in [-0.05, 0) is 24.4 Å². The molecule has 6 heteroatoms. The van der Waals surface area contributed by atoms with Crippen LogP contribution in [0.4, 0.5) is 0 Å². The summed E-state index contributed by atoms with van der Waals surface area (Å²) in [6.07, 6.45) is 0. The van der Waals surface area contributed by atoms with Crippen molar-refractivity contribution >= 4 is 38.9 Å². The first kappa shape index (κ1) is 13.7. The summed E-state index contributed by atoms with van der Waals surface area (Å²) in [7, 11) is 1.89. The molecule has 1 saturated heterocycles. The number of quaternary nitrogens is 1. The second kappa shape index (κ2) is 6.03. The SMILES string of the molecule is CNC(=S)N1CC[NH+](Cc2nc3ccccc3s2)CC1. The Morgan fingerprint density at radius 1 is 1.40 bits per heavy atom. The number of piperazine rings is 1. The predicted molar refractivity (Wildman–Crippen MR) is 87.3 cm³/mol. The van der Waals surface area contributed by atoms with Gasteiger partial charge in [-0.1, -0.05) is 12.1 Å². The van der Waals surface area contributed by atoms with Crippen LogP contribution in [0.2, 0.25) is 0 Å². The number of fused-ring (bicyclic) bond motifs is 1. The van der Waals surface area contributed by atoms with Crippen molar-refractivity contribution in [1.82, 2.24) is 15.2 Å². The molecule has 2 heterocycles. The summed E-state index contributed by atoms with van der Waals surface area (Å²) in [6, 6.07) is 8.37. The molecule has 0 radical (unpaired) electrons. The fourth-order valence-electron chi connectivity index (χ4n) is 2.57. The molecule has 1 aliphatic rings. The lowest BCUT2D eigenvalue weighted by atomic mass is 10.3. The van der Waals surface area contributed by atoms with Crippen LogP contribution < -0.4 is 10.2 Å². The van der Waals surface area contributed by atoms with E-state index in [0.717, 1.165) is 43.4 Å². The molecule has 2 aromatic rings. The number of thiocarbonyl (C=S) groups is 1. The highest BCUT2D eigenvalue weighted by atomic mass is 32.1. The molecule has 106 valence electrons. The molecular formula is C14H19N4S2+. The molecule has 1 aliphatic heterocycles. The topological polar surface area (TPSA) is 32.6 Å². The molecule has 0 aliphatic carbocycles. The molecule has 20 heavy (non-hydrogen) atoms. The van der Waals surface area contributed by atoms with Crippen molar-refractivity contribution in [3.63, 3.8) is 0 Å². The number of hydrogen-bond donors (Lipinski definition) is 2. The molecule has 2 N–H and O–H groups in total. The number of nitrogens with zero attached hydrogens (tertiary/aromatic N) is 2. The van der Waals surface area contributed by atoms with E-state index in [1.165, 1.54) is 9.71 Å². The normalized spacial score (nSPS) is 16.6. The Labute approximate surface area is 128 Å². The number of rotatable bonds is 2. The average molecular weight is 307 g/mol. The number of hydrogen-bond acceptors (Lipinski definition) is 3. The Morgan fingerprint density at radius 2 is 2.15 bits per heavy atom. The Bertz CT molecular complexity index is 569. The van der Waals surface area contributed by atoms with Gasteiger partial charge in [0.15, 0.2) is 5.11 Å². The van der Waals surface area contributed by atoms with Crippen LogP contribution in [-0.2, 0) is 6.54 Å². The van der Waals surface area contributed by atoms with Gasteiger partial charge in [-0.3, -0.25) is 0 Å². The smallest absolute Gasteiger partial charge is 0.169 e. The molecule has 3 rings (SSSR count). The van der Waals surface area contributed by atoms with Gasteiger partial charge in [-0.2, -0.15) is 0 Å². The highest BCUT2D eigenvalue weighted by molar-refractivity contribution is 7.80. The van der Waals surface area contributed by atoms with Gasteiger partial charge in [-0.15, -0.1) is 11.3 Å². The summed E-state index contributed by atoms with van der Waals surface area (Å²) in [5.41, 5.74) is 1.13. The van der Waals surface area contributed by atoms with Crippen molar-refractivity contribution in [1.29, 1.82) is 0 Å². The van der Waals surface area contributed by atoms with E-state index in [-0.39, 0.29) is 0 Å². The van der Waals surface area contributed by atoms with Crippen molar-refractivity contribution in [3.8, 4) is 0 Å². The van der Waals surface area contributed by atoms with Crippen LogP contribution >= 0.6 is 23.6 Å². The summed E-state index contributed by atoms with van der Waals surface area (Å²) < 4.78 is 1.29. The van der Waals surface area contributed by atoms with E-state index in [2.05, 4.69) is 34.5 Å². The van der Waals surface area contributed by atoms with E-state index < -0.39 is 0 Å². The Hall–Kier alpha value is -1.24. The molecule has 0 amide bonds. The largest absolute Gasteiger partial charge is 0.366 e. The number of benzene rings is 1. The van der Waals surface area contributed by atoms with Gasteiger partial charge < -0.3 is 15.1 Å². The van der Waals surface area contributed by atoms with Crippen LogP contribution in [0.5, 0.6) is 0 Å². The van der Waals surface area contributed by atoms with Gasteiger partial charge in [0.2, 0.25) is 0 Å². The minimum absolute atomic E-state index is 0.865. The fraction of sp³-hybridized carbons (Fsp3) is 0.429. The zero-order chi connectivity index (χ0) is 13.9. The van der Waals surface area contributed by atoms with Gasteiger partial charge in [0.05, 0.1) is 36.4 Å². The molecule has 4 nitrogen and oxygen atoms in total. The monoisotopic (exact) mass is 307 g/mol. The third kappa shape index (κ3) is 2.92. The molecular weight excluding hydrogens is 288 g/mol. The van der Waals surface area contributed by atoms with Gasteiger partial charge >= 0.3 is 0 Å². The number of aromatic nitrogens is 1. The third-order valence-corrected chi connectivity index (χ3v) is 5.21. The Morgan fingerprint density at radius 3 is 2.85 bits per heavy atom. The predicted octanol–water partition coefficient (Wildman–Crippen LogP) is 0.501. The molecule has 0 spiro atoms. The van der Waals surface area contributed by atoms with E-state index in [4.69, 9.17) is 17.2 Å². The maximum atomic E-state index is 5.28. The average Bonchev–Trinajstić information content (AvgIpc) is 2.89. The van der Waals surface area contributed by atoms with E-state index in [1.807, 2.05) is 18.4 Å². The highest BCUT2D eigenvalue weighted by Crippen LogP contribution is 2.20. The molecule has 0 atom stereocenters.